The van der Waals surface area contributed by atoms with E-state index in [2.05, 4.69) is 17.1 Å². The minimum absolute atomic E-state index is 0.00351. The first kappa shape index (κ1) is 18.7. The van der Waals surface area contributed by atoms with Crippen LogP contribution in [0.2, 0.25) is 0 Å². The summed E-state index contributed by atoms with van der Waals surface area (Å²) < 4.78 is 0. The molecule has 3 atom stereocenters. The van der Waals surface area contributed by atoms with Gasteiger partial charge in [-0.05, 0) is 37.5 Å². The summed E-state index contributed by atoms with van der Waals surface area (Å²) in [5.74, 6) is -0.207. The van der Waals surface area contributed by atoms with Gasteiger partial charge in [0, 0.05) is 18.7 Å². The van der Waals surface area contributed by atoms with E-state index in [4.69, 9.17) is 0 Å². The number of nitrogens with zero attached hydrogens (tertiary/aromatic N) is 2. The summed E-state index contributed by atoms with van der Waals surface area (Å²) >= 11 is 0. The average molecular weight is 377 g/mol. The third-order valence-corrected chi connectivity index (χ3v) is 5.92. The third kappa shape index (κ3) is 3.54. The van der Waals surface area contributed by atoms with Gasteiger partial charge in [-0.15, -0.1) is 0 Å². The van der Waals surface area contributed by atoms with Crippen molar-refractivity contribution < 1.29 is 9.59 Å². The molecule has 2 aromatic rings. The standard InChI is InChI=1S/C23H27N3O2/c1-17(25-15-9-4-10-16-25)26-21(18-11-5-2-6-12-18)20(23(26)28)24-22(27)19-13-7-3-8-14-19/h2-3,5-8,11-14,17,20-21H,4,9-10,15-16H2,1H3,(H,24,27). The number of amides is 2. The molecule has 5 nitrogen and oxygen atoms in total. The first-order valence-corrected chi connectivity index (χ1v) is 10.1. The van der Waals surface area contributed by atoms with Crippen LogP contribution in [0.3, 0.4) is 0 Å². The summed E-state index contributed by atoms with van der Waals surface area (Å²) in [5.41, 5.74) is 1.63. The SMILES string of the molecule is CC(N1CCCCC1)N1C(=O)C(NC(=O)c2ccccc2)C1c1ccccc1. The van der Waals surface area contributed by atoms with E-state index in [0.717, 1.165) is 18.7 Å². The third-order valence-electron chi connectivity index (χ3n) is 5.92. The van der Waals surface area contributed by atoms with Gasteiger partial charge in [0.05, 0.1) is 12.2 Å². The summed E-state index contributed by atoms with van der Waals surface area (Å²) in [6.45, 7) is 4.15. The van der Waals surface area contributed by atoms with Crippen LogP contribution < -0.4 is 5.32 Å². The van der Waals surface area contributed by atoms with Crippen molar-refractivity contribution in [2.75, 3.05) is 13.1 Å². The predicted octanol–water partition coefficient (Wildman–Crippen LogP) is 3.20. The van der Waals surface area contributed by atoms with E-state index in [1.807, 2.05) is 53.4 Å². The molecule has 0 bridgehead atoms. The first-order chi connectivity index (χ1) is 13.7. The van der Waals surface area contributed by atoms with Crippen molar-refractivity contribution in [2.45, 2.75) is 44.4 Å². The van der Waals surface area contributed by atoms with Crippen molar-refractivity contribution in [3.05, 3.63) is 71.8 Å². The Morgan fingerprint density at radius 3 is 2.21 bits per heavy atom. The highest BCUT2D eigenvalue weighted by atomic mass is 16.2. The smallest absolute Gasteiger partial charge is 0.251 e. The van der Waals surface area contributed by atoms with Gasteiger partial charge in [0.2, 0.25) is 5.91 Å². The second-order valence-electron chi connectivity index (χ2n) is 7.65. The Balaban J connectivity index is 1.56. The van der Waals surface area contributed by atoms with Gasteiger partial charge < -0.3 is 10.2 Å². The highest BCUT2D eigenvalue weighted by Gasteiger charge is 2.51. The fraction of sp³-hybridized carbons (Fsp3) is 0.391. The topological polar surface area (TPSA) is 52.6 Å². The van der Waals surface area contributed by atoms with Gasteiger partial charge in [-0.2, -0.15) is 0 Å². The van der Waals surface area contributed by atoms with E-state index in [9.17, 15) is 9.59 Å². The highest BCUT2D eigenvalue weighted by molar-refractivity contribution is 6.00. The van der Waals surface area contributed by atoms with Crippen molar-refractivity contribution in [3.63, 3.8) is 0 Å². The second-order valence-corrected chi connectivity index (χ2v) is 7.65. The van der Waals surface area contributed by atoms with Crippen LogP contribution in [-0.4, -0.2) is 46.9 Å². The minimum Gasteiger partial charge on any atom is -0.338 e. The van der Waals surface area contributed by atoms with Crippen LogP contribution in [0, 0.1) is 0 Å². The number of likely N-dealkylation sites (tertiary alicyclic amines) is 2. The number of piperidine rings is 1. The number of nitrogens with one attached hydrogen (secondary N) is 1. The largest absolute Gasteiger partial charge is 0.338 e. The summed E-state index contributed by atoms with van der Waals surface area (Å²) in [5, 5.41) is 2.97. The summed E-state index contributed by atoms with van der Waals surface area (Å²) in [7, 11) is 0. The maximum absolute atomic E-state index is 13.1. The minimum atomic E-state index is -0.526. The van der Waals surface area contributed by atoms with Gasteiger partial charge in [0.1, 0.15) is 6.04 Å². The van der Waals surface area contributed by atoms with Crippen LogP contribution in [0.4, 0.5) is 0 Å². The summed E-state index contributed by atoms with van der Waals surface area (Å²) in [6, 6.07) is 18.4. The molecule has 0 aliphatic carbocycles. The van der Waals surface area contributed by atoms with E-state index in [1.54, 1.807) is 12.1 Å². The summed E-state index contributed by atoms with van der Waals surface area (Å²) in [4.78, 5) is 30.1. The molecular formula is C23H27N3O2. The first-order valence-electron chi connectivity index (χ1n) is 10.1. The Labute approximate surface area is 166 Å². The van der Waals surface area contributed by atoms with Gasteiger partial charge >= 0.3 is 0 Å². The summed E-state index contributed by atoms with van der Waals surface area (Å²) in [6.07, 6.45) is 3.64. The van der Waals surface area contributed by atoms with Crippen LogP contribution in [0.25, 0.3) is 0 Å². The molecule has 2 amide bonds. The molecule has 0 aromatic heterocycles. The molecule has 146 valence electrons. The van der Waals surface area contributed by atoms with Crippen LogP contribution >= 0.6 is 0 Å². The molecule has 2 fully saturated rings. The molecule has 5 heteroatoms. The Morgan fingerprint density at radius 2 is 1.57 bits per heavy atom. The molecule has 28 heavy (non-hydrogen) atoms. The molecular weight excluding hydrogens is 350 g/mol. The Kier molecular flexibility index (Phi) is 5.44. The zero-order valence-electron chi connectivity index (χ0n) is 16.3. The van der Waals surface area contributed by atoms with E-state index >= 15 is 0 Å². The van der Waals surface area contributed by atoms with Gasteiger partial charge in [-0.1, -0.05) is 55.0 Å². The van der Waals surface area contributed by atoms with Crippen LogP contribution in [0.15, 0.2) is 60.7 Å². The van der Waals surface area contributed by atoms with Gasteiger partial charge in [-0.3, -0.25) is 14.5 Å². The number of rotatable bonds is 5. The van der Waals surface area contributed by atoms with E-state index in [0.29, 0.717) is 5.56 Å². The monoisotopic (exact) mass is 377 g/mol. The van der Waals surface area contributed by atoms with Crippen molar-refractivity contribution in [2.24, 2.45) is 0 Å². The number of hydrogen-bond donors (Lipinski definition) is 1. The fourth-order valence-electron chi connectivity index (χ4n) is 4.35. The Bertz CT molecular complexity index is 818. The molecule has 2 aliphatic rings. The normalized spacial score (nSPS) is 23.8. The molecule has 2 heterocycles. The van der Waals surface area contributed by atoms with Crippen LogP contribution in [0.1, 0.15) is 48.1 Å². The molecule has 0 spiro atoms. The molecule has 0 saturated carbocycles. The lowest BCUT2D eigenvalue weighted by Gasteiger charge is -2.53. The zero-order chi connectivity index (χ0) is 19.5. The molecule has 3 unspecified atom stereocenters. The van der Waals surface area contributed by atoms with E-state index in [-0.39, 0.29) is 24.0 Å². The maximum atomic E-state index is 13.1. The maximum Gasteiger partial charge on any atom is 0.251 e. The molecule has 2 aliphatic heterocycles. The lowest BCUT2D eigenvalue weighted by molar-refractivity contribution is -0.162. The Hall–Kier alpha value is -2.66. The molecule has 4 rings (SSSR count). The quantitative estimate of drug-likeness (QED) is 0.814. The van der Waals surface area contributed by atoms with Gasteiger partial charge in [0.25, 0.3) is 5.91 Å². The van der Waals surface area contributed by atoms with Crippen LogP contribution in [0.5, 0.6) is 0 Å². The van der Waals surface area contributed by atoms with Crippen LogP contribution in [-0.2, 0) is 4.79 Å². The average Bonchev–Trinajstić information content (AvgIpc) is 2.76. The Morgan fingerprint density at radius 1 is 0.964 bits per heavy atom. The van der Waals surface area contributed by atoms with Crippen molar-refractivity contribution in [1.82, 2.24) is 15.1 Å². The lowest BCUT2D eigenvalue weighted by Crippen LogP contribution is -2.70. The molecule has 0 radical (unpaired) electrons. The molecule has 2 aromatic carbocycles. The lowest BCUT2D eigenvalue weighted by atomic mass is 9.87. The molecule has 2 saturated heterocycles. The number of carbonyl (C=O) groups is 2. The van der Waals surface area contributed by atoms with Gasteiger partial charge in [0.15, 0.2) is 0 Å². The number of benzene rings is 2. The van der Waals surface area contributed by atoms with Crippen molar-refractivity contribution >= 4 is 11.8 Å². The van der Waals surface area contributed by atoms with E-state index in [1.165, 1.54) is 19.3 Å². The zero-order valence-corrected chi connectivity index (χ0v) is 16.3. The second kappa shape index (κ2) is 8.15. The molecule has 1 N–H and O–H groups in total. The van der Waals surface area contributed by atoms with Crippen molar-refractivity contribution in [3.8, 4) is 0 Å². The van der Waals surface area contributed by atoms with Gasteiger partial charge in [-0.25, -0.2) is 0 Å². The fourth-order valence-corrected chi connectivity index (χ4v) is 4.35. The van der Waals surface area contributed by atoms with Crippen molar-refractivity contribution in [1.29, 1.82) is 0 Å². The van der Waals surface area contributed by atoms with E-state index < -0.39 is 6.04 Å². The highest BCUT2D eigenvalue weighted by Crippen LogP contribution is 2.38. The predicted molar refractivity (Wildman–Crippen MR) is 109 cm³/mol. The number of β-lactam (4-membered cyclic amide) rings is 1. The number of carbonyl (C=O) groups excluding carboxylic acids is 2. The number of hydrogen-bond acceptors (Lipinski definition) is 3.